The maximum Gasteiger partial charge on any atom is 0.0460 e. The van der Waals surface area contributed by atoms with Crippen molar-refractivity contribution in [1.82, 2.24) is 10.4 Å². The quantitative estimate of drug-likeness (QED) is 0.460. The van der Waals surface area contributed by atoms with E-state index in [4.69, 9.17) is 5.84 Å². The Morgan fingerprint density at radius 1 is 1.31 bits per heavy atom. The number of aromatic nitrogens is 1. The molecular formula is C13H19N3. The summed E-state index contributed by atoms with van der Waals surface area (Å²) in [5, 5.41) is 0. The van der Waals surface area contributed by atoms with E-state index in [0.717, 1.165) is 6.42 Å². The van der Waals surface area contributed by atoms with Crippen molar-refractivity contribution in [1.29, 1.82) is 0 Å². The topological polar surface area (TPSA) is 50.9 Å². The van der Waals surface area contributed by atoms with E-state index in [2.05, 4.69) is 16.5 Å². The fourth-order valence-corrected chi connectivity index (χ4v) is 2.23. The van der Waals surface area contributed by atoms with E-state index in [1.165, 1.54) is 36.8 Å². The predicted molar refractivity (Wildman–Crippen MR) is 65.6 cm³/mol. The van der Waals surface area contributed by atoms with Gasteiger partial charge in [-0.25, -0.2) is 0 Å². The van der Waals surface area contributed by atoms with E-state index in [9.17, 15) is 0 Å². The molecule has 0 saturated carbocycles. The summed E-state index contributed by atoms with van der Waals surface area (Å²) < 4.78 is 0. The Morgan fingerprint density at radius 3 is 2.75 bits per heavy atom. The SMILES string of the molecule is NNC(Cc1ccncc1)C1=CCCCC1. The molecule has 0 bridgehead atoms. The van der Waals surface area contributed by atoms with Gasteiger partial charge in [0.15, 0.2) is 0 Å². The molecule has 0 radical (unpaired) electrons. The lowest BCUT2D eigenvalue weighted by atomic mass is 9.91. The van der Waals surface area contributed by atoms with Crippen LogP contribution in [0.1, 0.15) is 31.2 Å². The van der Waals surface area contributed by atoms with Gasteiger partial charge in [-0.2, -0.15) is 0 Å². The van der Waals surface area contributed by atoms with Crippen LogP contribution in [0, 0.1) is 0 Å². The number of rotatable bonds is 4. The molecule has 0 spiro atoms. The van der Waals surface area contributed by atoms with Gasteiger partial charge in [0.05, 0.1) is 0 Å². The second-order valence-corrected chi connectivity index (χ2v) is 4.30. The molecule has 0 amide bonds. The minimum Gasteiger partial charge on any atom is -0.271 e. The molecule has 1 unspecified atom stereocenters. The molecule has 1 heterocycles. The lowest BCUT2D eigenvalue weighted by molar-refractivity contribution is 0.542. The highest BCUT2D eigenvalue weighted by Crippen LogP contribution is 2.21. The molecule has 0 saturated heterocycles. The minimum atomic E-state index is 0.280. The largest absolute Gasteiger partial charge is 0.271 e. The Kier molecular flexibility index (Phi) is 4.08. The first-order valence-electron chi connectivity index (χ1n) is 5.94. The Hall–Kier alpha value is -1.19. The zero-order valence-electron chi connectivity index (χ0n) is 9.52. The molecule has 3 N–H and O–H groups in total. The molecule has 0 aliphatic heterocycles. The van der Waals surface area contributed by atoms with Crippen LogP contribution in [-0.2, 0) is 6.42 Å². The molecule has 0 fully saturated rings. The summed E-state index contributed by atoms with van der Waals surface area (Å²) in [5.41, 5.74) is 5.68. The second kappa shape index (κ2) is 5.77. The van der Waals surface area contributed by atoms with Crippen LogP contribution < -0.4 is 11.3 Å². The van der Waals surface area contributed by atoms with Gasteiger partial charge < -0.3 is 0 Å². The van der Waals surface area contributed by atoms with Gasteiger partial charge in [0.1, 0.15) is 0 Å². The Balaban J connectivity index is 2.03. The molecule has 86 valence electrons. The highest BCUT2D eigenvalue weighted by molar-refractivity contribution is 5.19. The standard InChI is InChI=1S/C13H19N3/c14-16-13(12-4-2-1-3-5-12)10-11-6-8-15-9-7-11/h4,6-9,13,16H,1-3,5,10,14H2. The third-order valence-electron chi connectivity index (χ3n) is 3.16. The number of nitrogens with one attached hydrogen (secondary N) is 1. The van der Waals surface area contributed by atoms with E-state index >= 15 is 0 Å². The van der Waals surface area contributed by atoms with Gasteiger partial charge in [0, 0.05) is 18.4 Å². The van der Waals surface area contributed by atoms with Crippen molar-refractivity contribution in [2.45, 2.75) is 38.1 Å². The van der Waals surface area contributed by atoms with Crippen LogP contribution in [0.25, 0.3) is 0 Å². The van der Waals surface area contributed by atoms with E-state index in [1.54, 1.807) is 0 Å². The third kappa shape index (κ3) is 2.90. The van der Waals surface area contributed by atoms with Crippen molar-refractivity contribution in [3.8, 4) is 0 Å². The van der Waals surface area contributed by atoms with Crippen LogP contribution in [-0.4, -0.2) is 11.0 Å². The highest BCUT2D eigenvalue weighted by Gasteiger charge is 2.15. The fraction of sp³-hybridized carbons (Fsp3) is 0.462. The maximum absolute atomic E-state index is 5.64. The molecule has 1 atom stereocenters. The molecule has 0 aromatic carbocycles. The summed E-state index contributed by atoms with van der Waals surface area (Å²) in [6.45, 7) is 0. The lowest BCUT2D eigenvalue weighted by Crippen LogP contribution is -2.38. The number of nitrogens with two attached hydrogens (primary N) is 1. The van der Waals surface area contributed by atoms with Gasteiger partial charge in [0.2, 0.25) is 0 Å². The Bertz CT molecular complexity index is 345. The molecular weight excluding hydrogens is 198 g/mol. The number of hydrogen-bond donors (Lipinski definition) is 2. The summed E-state index contributed by atoms with van der Waals surface area (Å²) in [7, 11) is 0. The van der Waals surface area contributed by atoms with Gasteiger partial charge in [-0.05, 0) is 49.8 Å². The zero-order chi connectivity index (χ0) is 11.2. The highest BCUT2D eigenvalue weighted by atomic mass is 15.2. The number of hydrazine groups is 1. The predicted octanol–water partition coefficient (Wildman–Crippen LogP) is 1.96. The van der Waals surface area contributed by atoms with Crippen LogP contribution in [0.4, 0.5) is 0 Å². The zero-order valence-corrected chi connectivity index (χ0v) is 9.52. The van der Waals surface area contributed by atoms with Crippen LogP contribution >= 0.6 is 0 Å². The first-order valence-corrected chi connectivity index (χ1v) is 5.94. The average Bonchev–Trinajstić information content (AvgIpc) is 2.38. The number of hydrogen-bond acceptors (Lipinski definition) is 3. The minimum absolute atomic E-state index is 0.280. The number of nitrogens with zero attached hydrogens (tertiary/aromatic N) is 1. The van der Waals surface area contributed by atoms with E-state index in [-0.39, 0.29) is 6.04 Å². The van der Waals surface area contributed by atoms with Gasteiger partial charge in [0.25, 0.3) is 0 Å². The van der Waals surface area contributed by atoms with Crippen molar-refractivity contribution in [2.24, 2.45) is 5.84 Å². The van der Waals surface area contributed by atoms with Crippen molar-refractivity contribution in [3.05, 3.63) is 41.7 Å². The van der Waals surface area contributed by atoms with Crippen molar-refractivity contribution < 1.29 is 0 Å². The first kappa shape index (κ1) is 11.3. The van der Waals surface area contributed by atoms with Crippen LogP contribution in [0.15, 0.2) is 36.2 Å². The average molecular weight is 217 g/mol. The van der Waals surface area contributed by atoms with Crippen molar-refractivity contribution >= 4 is 0 Å². The summed E-state index contributed by atoms with van der Waals surface area (Å²) in [6, 6.07) is 4.38. The molecule has 1 aliphatic carbocycles. The summed E-state index contributed by atoms with van der Waals surface area (Å²) >= 11 is 0. The fourth-order valence-electron chi connectivity index (χ4n) is 2.23. The second-order valence-electron chi connectivity index (χ2n) is 4.30. The van der Waals surface area contributed by atoms with Crippen molar-refractivity contribution in [2.75, 3.05) is 0 Å². The first-order chi connectivity index (χ1) is 7.90. The lowest BCUT2D eigenvalue weighted by Gasteiger charge is -2.22. The van der Waals surface area contributed by atoms with Gasteiger partial charge in [-0.1, -0.05) is 11.6 Å². The normalized spacial score (nSPS) is 17.9. The number of pyridine rings is 1. The van der Waals surface area contributed by atoms with Crippen LogP contribution in [0.3, 0.4) is 0 Å². The maximum atomic E-state index is 5.64. The molecule has 1 aliphatic rings. The number of allylic oxidation sites excluding steroid dienone is 1. The molecule has 2 rings (SSSR count). The van der Waals surface area contributed by atoms with Gasteiger partial charge in [-0.15, -0.1) is 0 Å². The summed E-state index contributed by atoms with van der Waals surface area (Å²) in [6.07, 6.45) is 11.9. The summed E-state index contributed by atoms with van der Waals surface area (Å²) in [5.74, 6) is 5.64. The van der Waals surface area contributed by atoms with Gasteiger partial charge in [-0.3, -0.25) is 16.3 Å². The Labute approximate surface area is 96.7 Å². The monoisotopic (exact) mass is 217 g/mol. The van der Waals surface area contributed by atoms with Crippen LogP contribution in [0.5, 0.6) is 0 Å². The molecule has 16 heavy (non-hydrogen) atoms. The van der Waals surface area contributed by atoms with E-state index in [1.807, 2.05) is 24.5 Å². The Morgan fingerprint density at radius 2 is 2.12 bits per heavy atom. The molecule has 1 aromatic rings. The van der Waals surface area contributed by atoms with Crippen molar-refractivity contribution in [3.63, 3.8) is 0 Å². The van der Waals surface area contributed by atoms with Gasteiger partial charge >= 0.3 is 0 Å². The molecule has 3 heteroatoms. The van der Waals surface area contributed by atoms with E-state index < -0.39 is 0 Å². The van der Waals surface area contributed by atoms with E-state index in [0.29, 0.717) is 0 Å². The molecule has 1 aromatic heterocycles. The molecule has 3 nitrogen and oxygen atoms in total. The van der Waals surface area contributed by atoms with Crippen LogP contribution in [0.2, 0.25) is 0 Å². The summed E-state index contributed by atoms with van der Waals surface area (Å²) in [4.78, 5) is 4.02. The third-order valence-corrected chi connectivity index (χ3v) is 3.16. The smallest absolute Gasteiger partial charge is 0.0460 e.